The fraction of sp³-hybridized carbons (Fsp3) is 0.412. The Morgan fingerprint density at radius 2 is 1.22 bits per heavy atom. The average molecular weight is 683 g/mol. The zero-order chi connectivity index (χ0) is 29.7. The number of piperidine rings is 1. The number of hydrogen-bond donors (Lipinski definition) is 0. The van der Waals surface area contributed by atoms with Gasteiger partial charge in [0.2, 0.25) is 0 Å². The van der Waals surface area contributed by atoms with Gasteiger partial charge in [0.1, 0.15) is 0 Å². The smallest absolute Gasteiger partial charge is 0.0146 e. The first-order valence-corrected chi connectivity index (χ1v) is 19.8. The molecular weight excluding hydrogens is 638 g/mol. The van der Waals surface area contributed by atoms with E-state index in [0.717, 1.165) is 50.3 Å². The Labute approximate surface area is 260 Å². The molecule has 5 rings (SSSR count). The monoisotopic (exact) mass is 682 g/mol. The maximum Gasteiger partial charge on any atom is 0.0146 e. The molecule has 2 saturated heterocycles. The van der Waals surface area contributed by atoms with Crippen LogP contribution >= 0.6 is 19.4 Å². The van der Waals surface area contributed by atoms with Crippen molar-refractivity contribution in [3.63, 3.8) is 0 Å². The Morgan fingerprint density at radius 1 is 0.756 bits per heavy atom. The van der Waals surface area contributed by atoms with Crippen LogP contribution in [0.1, 0.15) is 51.8 Å². The standard InChI is InChI=1S/C21H27N2.C13H17NO.2ClH.Ru/c1-14-9-16(3)20(17(4)10-14)22-7-8-23(13-22)21-18(5)11-15(2)12-19(21)6;1-11-5-3-4-6-13(11)15-12-7-9-14(2)10-8-12;;;/h9-13H,7-8H2,1-6H3;1,3-6,12H,7-10H2,2H3;2*1H;/q-1;;;;+2/p-2. The molecule has 3 aromatic carbocycles. The van der Waals surface area contributed by atoms with E-state index in [4.69, 9.17) is 24.1 Å². The summed E-state index contributed by atoms with van der Waals surface area (Å²) in [7, 11) is 14.0. The van der Waals surface area contributed by atoms with E-state index in [0.29, 0.717) is 6.10 Å². The molecule has 0 aromatic heterocycles. The van der Waals surface area contributed by atoms with Crippen LogP contribution in [0, 0.1) is 48.2 Å². The van der Waals surface area contributed by atoms with Gasteiger partial charge >= 0.3 is 122 Å². The topological polar surface area (TPSA) is 19.0 Å². The van der Waals surface area contributed by atoms with Gasteiger partial charge in [-0.1, -0.05) is 35.4 Å². The number of hydrogen-bond acceptors (Lipinski definition) is 4. The number of para-hydroxylation sites is 1. The summed E-state index contributed by atoms with van der Waals surface area (Å²) in [6.07, 6.45) is 2.46. The van der Waals surface area contributed by atoms with E-state index in [1.165, 1.54) is 44.8 Å². The Bertz CT molecular complexity index is 1270. The number of anilines is 2. The first kappa shape index (κ1) is 32.0. The molecule has 0 aliphatic carbocycles. The molecule has 0 radical (unpaired) electrons. The molecule has 0 bridgehead atoms. The van der Waals surface area contributed by atoms with Crippen molar-refractivity contribution < 1.29 is 18.3 Å². The summed E-state index contributed by atoms with van der Waals surface area (Å²) in [6.45, 7) is 19.8. The van der Waals surface area contributed by atoms with Crippen molar-refractivity contribution in [1.82, 2.24) is 4.90 Å². The van der Waals surface area contributed by atoms with E-state index in [9.17, 15) is 0 Å². The van der Waals surface area contributed by atoms with E-state index >= 15 is 0 Å². The number of halogens is 2. The van der Waals surface area contributed by atoms with Gasteiger partial charge in [-0.05, 0) is 63.8 Å². The SMILES string of the molecule is CN1CCC(Oc2ccccc2[CH]=[Ru]([Cl])[Cl])CC1.Cc1cc(C)c(N2[CH-]N(c3c(C)cc(C)cc3C)CC2)c(C)c1. The molecular formula is C34H44Cl2N3ORu-. The van der Waals surface area contributed by atoms with E-state index < -0.39 is 13.5 Å². The van der Waals surface area contributed by atoms with Gasteiger partial charge in [0, 0.05) is 24.5 Å². The van der Waals surface area contributed by atoms with Crippen molar-refractivity contribution in [1.29, 1.82) is 0 Å². The van der Waals surface area contributed by atoms with Gasteiger partial charge in [0.25, 0.3) is 0 Å². The Morgan fingerprint density at radius 3 is 1.68 bits per heavy atom. The quantitative estimate of drug-likeness (QED) is 0.200. The molecule has 224 valence electrons. The minimum Gasteiger partial charge on any atom is -0.502 e. The second kappa shape index (κ2) is 14.5. The van der Waals surface area contributed by atoms with Crippen LogP contribution in [-0.4, -0.2) is 48.8 Å². The largest absolute Gasteiger partial charge is 0.502 e. The molecule has 2 fully saturated rings. The number of likely N-dealkylation sites (tertiary alicyclic amines) is 1. The van der Waals surface area contributed by atoms with Gasteiger partial charge in [0.15, 0.2) is 0 Å². The number of aryl methyl sites for hydroxylation is 6. The molecule has 4 nitrogen and oxygen atoms in total. The van der Waals surface area contributed by atoms with Gasteiger partial charge in [0.05, 0.1) is 0 Å². The average Bonchev–Trinajstić information content (AvgIpc) is 3.34. The van der Waals surface area contributed by atoms with Gasteiger partial charge in [-0.25, -0.2) is 0 Å². The first-order chi connectivity index (χ1) is 19.5. The number of benzene rings is 3. The van der Waals surface area contributed by atoms with Crippen molar-refractivity contribution in [2.24, 2.45) is 0 Å². The zero-order valence-corrected chi connectivity index (χ0v) is 28.7. The van der Waals surface area contributed by atoms with Crippen molar-refractivity contribution >= 4 is 35.4 Å². The molecule has 2 aliphatic heterocycles. The number of ether oxygens (including phenoxy) is 1. The van der Waals surface area contributed by atoms with E-state index in [2.05, 4.69) is 94.2 Å². The minimum atomic E-state index is -1.80. The van der Waals surface area contributed by atoms with Crippen LogP contribution < -0.4 is 14.5 Å². The third-order valence-electron chi connectivity index (χ3n) is 7.77. The Kier molecular flexibility index (Phi) is 11.3. The molecule has 2 heterocycles. The summed E-state index contributed by atoms with van der Waals surface area (Å²) in [5, 5.41) is 0. The molecule has 2 aliphatic rings. The van der Waals surface area contributed by atoms with E-state index in [1.54, 1.807) is 0 Å². The Hall–Kier alpha value is -1.91. The predicted octanol–water partition coefficient (Wildman–Crippen LogP) is 8.22. The van der Waals surface area contributed by atoms with Crippen molar-refractivity contribution in [3.8, 4) is 5.75 Å². The summed E-state index contributed by atoms with van der Waals surface area (Å²) in [6, 6.07) is 17.1. The van der Waals surface area contributed by atoms with Gasteiger partial charge in [-0.2, -0.15) is 6.67 Å². The van der Waals surface area contributed by atoms with Gasteiger partial charge in [-0.15, -0.1) is 0 Å². The molecule has 41 heavy (non-hydrogen) atoms. The van der Waals surface area contributed by atoms with Gasteiger partial charge in [-0.3, -0.25) is 0 Å². The normalized spacial score (nSPS) is 16.4. The molecule has 3 aromatic rings. The molecule has 0 atom stereocenters. The number of rotatable bonds is 5. The van der Waals surface area contributed by atoms with Gasteiger partial charge < -0.3 is 9.80 Å². The fourth-order valence-electron chi connectivity index (χ4n) is 6.13. The summed E-state index contributed by atoms with van der Waals surface area (Å²) < 4.78 is 8.03. The van der Waals surface area contributed by atoms with Crippen LogP contribution in [0.2, 0.25) is 0 Å². The van der Waals surface area contributed by atoms with E-state index in [1.807, 2.05) is 28.9 Å². The second-order valence-electron chi connectivity index (χ2n) is 11.5. The molecule has 7 heteroatoms. The molecule has 0 spiro atoms. The van der Waals surface area contributed by atoms with Crippen LogP contribution in [0.25, 0.3) is 0 Å². The summed E-state index contributed by atoms with van der Waals surface area (Å²) in [4.78, 5) is 7.14. The van der Waals surface area contributed by atoms with Crippen LogP contribution in [0.4, 0.5) is 11.4 Å². The van der Waals surface area contributed by atoms with Crippen molar-refractivity contribution in [2.45, 2.75) is 60.5 Å². The maximum absolute atomic E-state index is 6.08. The third-order valence-corrected chi connectivity index (χ3v) is 9.60. The van der Waals surface area contributed by atoms with E-state index in [-0.39, 0.29) is 0 Å². The zero-order valence-electron chi connectivity index (χ0n) is 25.5. The molecule has 0 N–H and O–H groups in total. The number of nitrogens with zero attached hydrogens (tertiary/aromatic N) is 3. The van der Waals surface area contributed by atoms with Crippen LogP contribution in [0.15, 0.2) is 48.5 Å². The summed E-state index contributed by atoms with van der Waals surface area (Å²) >= 11 is -1.80. The first-order valence-electron chi connectivity index (χ1n) is 14.3. The predicted molar refractivity (Wildman–Crippen MR) is 175 cm³/mol. The molecule has 0 amide bonds. The van der Waals surface area contributed by atoms with Crippen molar-refractivity contribution in [2.75, 3.05) is 43.0 Å². The summed E-state index contributed by atoms with van der Waals surface area (Å²) in [5.74, 6) is 0.909. The summed E-state index contributed by atoms with van der Waals surface area (Å²) in [5.41, 5.74) is 11.9. The van der Waals surface area contributed by atoms with Crippen molar-refractivity contribution in [3.05, 3.63) is 94.1 Å². The van der Waals surface area contributed by atoms with Crippen LogP contribution in [0.3, 0.4) is 0 Å². The third kappa shape index (κ3) is 8.57. The van der Waals surface area contributed by atoms with Crippen LogP contribution in [0.5, 0.6) is 5.75 Å². The molecule has 0 unspecified atom stereocenters. The second-order valence-corrected chi connectivity index (χ2v) is 17.2. The maximum atomic E-state index is 6.08. The fourth-order valence-corrected chi connectivity index (χ4v) is 7.93. The molecule has 0 saturated carbocycles. The Balaban J connectivity index is 0.000000195. The minimum absolute atomic E-state index is 0.307. The van der Waals surface area contributed by atoms with Crippen LogP contribution in [-0.2, 0) is 13.5 Å².